The standard InChI is InChI=1S/C21H19ClF2N6O/c1-3-30-19-17(28-20(30)27-16-7-5-4-6-13(16)22)11-26-21(29-19)31-18-14(23)8-12(10-25-2)9-15(18)24/h4-9,11,25H,3,10H2,1-2H3,(H,27,28). The topological polar surface area (TPSA) is 76.9 Å². The van der Waals surface area contributed by atoms with E-state index in [-0.39, 0.29) is 6.01 Å². The van der Waals surface area contributed by atoms with Gasteiger partial charge in [0.25, 0.3) is 0 Å². The van der Waals surface area contributed by atoms with Gasteiger partial charge in [-0.15, -0.1) is 0 Å². The van der Waals surface area contributed by atoms with Gasteiger partial charge in [0.15, 0.2) is 17.3 Å². The molecule has 7 nitrogen and oxygen atoms in total. The second kappa shape index (κ2) is 8.83. The summed E-state index contributed by atoms with van der Waals surface area (Å²) >= 11 is 6.22. The number of hydrogen-bond donors (Lipinski definition) is 2. The number of halogens is 3. The molecule has 0 amide bonds. The highest BCUT2D eigenvalue weighted by molar-refractivity contribution is 6.33. The third-order valence-electron chi connectivity index (χ3n) is 4.53. The van der Waals surface area contributed by atoms with E-state index in [1.165, 1.54) is 18.3 Å². The van der Waals surface area contributed by atoms with Crippen LogP contribution in [0.4, 0.5) is 20.4 Å². The number of aromatic nitrogens is 4. The third kappa shape index (κ3) is 4.28. The van der Waals surface area contributed by atoms with Crippen molar-refractivity contribution in [3.63, 3.8) is 0 Å². The summed E-state index contributed by atoms with van der Waals surface area (Å²) in [6.07, 6.45) is 1.44. The van der Waals surface area contributed by atoms with E-state index < -0.39 is 17.4 Å². The minimum absolute atomic E-state index is 0.189. The van der Waals surface area contributed by atoms with Crippen LogP contribution in [0.15, 0.2) is 42.6 Å². The molecule has 10 heteroatoms. The first-order chi connectivity index (χ1) is 15.0. The molecule has 160 valence electrons. The van der Waals surface area contributed by atoms with Crippen LogP contribution >= 0.6 is 11.6 Å². The van der Waals surface area contributed by atoms with E-state index in [0.717, 1.165) is 0 Å². The number of imidazole rings is 1. The van der Waals surface area contributed by atoms with E-state index in [2.05, 4.69) is 25.6 Å². The second-order valence-electron chi connectivity index (χ2n) is 6.67. The van der Waals surface area contributed by atoms with Crippen LogP contribution < -0.4 is 15.4 Å². The Morgan fingerprint density at radius 3 is 2.55 bits per heavy atom. The molecule has 4 aromatic rings. The van der Waals surface area contributed by atoms with Gasteiger partial charge in [0, 0.05) is 13.1 Å². The van der Waals surface area contributed by atoms with Crippen LogP contribution in [0.5, 0.6) is 11.8 Å². The Bertz CT molecular complexity index is 1220. The lowest BCUT2D eigenvalue weighted by Crippen LogP contribution is -2.07. The maximum Gasteiger partial charge on any atom is 0.324 e. The number of benzene rings is 2. The molecule has 2 N–H and O–H groups in total. The quantitative estimate of drug-likeness (QED) is 0.416. The number of rotatable bonds is 7. The molecule has 4 rings (SSSR count). The number of aryl methyl sites for hydroxylation is 1. The lowest BCUT2D eigenvalue weighted by molar-refractivity contribution is 0.382. The van der Waals surface area contributed by atoms with Crippen LogP contribution in [0.25, 0.3) is 11.2 Å². The van der Waals surface area contributed by atoms with Crippen molar-refractivity contribution in [1.82, 2.24) is 24.8 Å². The molecule has 0 aliphatic carbocycles. The summed E-state index contributed by atoms with van der Waals surface area (Å²) in [5, 5.41) is 6.55. The van der Waals surface area contributed by atoms with Crippen molar-refractivity contribution in [2.75, 3.05) is 12.4 Å². The fourth-order valence-electron chi connectivity index (χ4n) is 3.14. The minimum atomic E-state index is -0.834. The van der Waals surface area contributed by atoms with Gasteiger partial charge in [-0.3, -0.25) is 4.57 Å². The number of anilines is 2. The van der Waals surface area contributed by atoms with E-state index in [0.29, 0.717) is 46.5 Å². The van der Waals surface area contributed by atoms with E-state index in [9.17, 15) is 8.78 Å². The van der Waals surface area contributed by atoms with Gasteiger partial charge in [-0.1, -0.05) is 23.7 Å². The molecule has 0 aliphatic heterocycles. The Labute approximate surface area is 182 Å². The van der Waals surface area contributed by atoms with Crippen molar-refractivity contribution in [3.05, 3.63) is 64.8 Å². The Morgan fingerprint density at radius 2 is 1.87 bits per heavy atom. The highest BCUT2D eigenvalue weighted by Crippen LogP contribution is 2.30. The Kier molecular flexibility index (Phi) is 5.97. The third-order valence-corrected chi connectivity index (χ3v) is 4.86. The minimum Gasteiger partial charge on any atom is -0.418 e. The molecular weight excluding hydrogens is 426 g/mol. The summed E-state index contributed by atoms with van der Waals surface area (Å²) in [6, 6.07) is 9.49. The predicted molar refractivity (Wildman–Crippen MR) is 115 cm³/mol. The molecule has 31 heavy (non-hydrogen) atoms. The van der Waals surface area contributed by atoms with E-state index >= 15 is 0 Å². The summed E-state index contributed by atoms with van der Waals surface area (Å²) in [5.74, 6) is -1.72. The smallest absolute Gasteiger partial charge is 0.324 e. The lowest BCUT2D eigenvalue weighted by Gasteiger charge is -2.10. The Hall–Kier alpha value is -3.30. The highest BCUT2D eigenvalue weighted by Gasteiger charge is 2.18. The molecule has 0 aliphatic rings. The average molecular weight is 445 g/mol. The van der Waals surface area contributed by atoms with Gasteiger partial charge in [0.05, 0.1) is 16.9 Å². The SMILES string of the molecule is CCn1c(Nc2ccccc2Cl)nc2cnc(Oc3c(F)cc(CNC)cc3F)nc21. The molecule has 0 unspecified atom stereocenters. The molecule has 0 saturated carbocycles. The molecule has 0 radical (unpaired) electrons. The summed E-state index contributed by atoms with van der Waals surface area (Å²) < 4.78 is 35.9. The lowest BCUT2D eigenvalue weighted by atomic mass is 10.2. The average Bonchev–Trinajstić information content (AvgIpc) is 3.09. The van der Waals surface area contributed by atoms with Crippen LogP contribution in [-0.2, 0) is 13.1 Å². The monoisotopic (exact) mass is 444 g/mol. The number of hydrogen-bond acceptors (Lipinski definition) is 6. The van der Waals surface area contributed by atoms with E-state index in [1.54, 1.807) is 17.7 Å². The van der Waals surface area contributed by atoms with Crippen LogP contribution in [0.3, 0.4) is 0 Å². The zero-order chi connectivity index (χ0) is 22.0. The zero-order valence-electron chi connectivity index (χ0n) is 16.8. The Balaban J connectivity index is 1.68. The van der Waals surface area contributed by atoms with E-state index in [4.69, 9.17) is 16.3 Å². The van der Waals surface area contributed by atoms with Crippen molar-refractivity contribution >= 4 is 34.4 Å². The van der Waals surface area contributed by atoms with Crippen molar-refractivity contribution in [2.24, 2.45) is 0 Å². The number of fused-ring (bicyclic) bond motifs is 1. The number of ether oxygens (including phenoxy) is 1. The number of nitrogens with one attached hydrogen (secondary N) is 2. The first-order valence-corrected chi connectivity index (χ1v) is 9.93. The molecule has 2 aromatic carbocycles. The number of para-hydroxylation sites is 1. The Morgan fingerprint density at radius 1 is 1.13 bits per heavy atom. The summed E-state index contributed by atoms with van der Waals surface area (Å²) in [6.45, 7) is 2.77. The molecule has 0 bridgehead atoms. The first-order valence-electron chi connectivity index (χ1n) is 9.55. The predicted octanol–water partition coefficient (Wildman–Crippen LogP) is 5.03. The van der Waals surface area contributed by atoms with Crippen LogP contribution in [0.1, 0.15) is 12.5 Å². The van der Waals surface area contributed by atoms with Crippen LogP contribution in [0, 0.1) is 11.6 Å². The summed E-state index contributed by atoms with van der Waals surface area (Å²) in [7, 11) is 1.69. The summed E-state index contributed by atoms with van der Waals surface area (Å²) in [4.78, 5) is 12.9. The van der Waals surface area contributed by atoms with Crippen molar-refractivity contribution in [3.8, 4) is 11.8 Å². The molecule has 2 heterocycles. The largest absolute Gasteiger partial charge is 0.418 e. The molecule has 0 spiro atoms. The van der Waals surface area contributed by atoms with Gasteiger partial charge in [-0.2, -0.15) is 4.98 Å². The van der Waals surface area contributed by atoms with Gasteiger partial charge >= 0.3 is 6.01 Å². The highest BCUT2D eigenvalue weighted by atomic mass is 35.5. The molecular formula is C21H19ClF2N6O. The number of nitrogens with zero attached hydrogens (tertiary/aromatic N) is 4. The van der Waals surface area contributed by atoms with Gasteiger partial charge < -0.3 is 15.4 Å². The summed E-state index contributed by atoms with van der Waals surface area (Å²) in [5.41, 5.74) is 2.09. The fraction of sp³-hybridized carbons (Fsp3) is 0.190. The van der Waals surface area contributed by atoms with Crippen LogP contribution in [0.2, 0.25) is 5.02 Å². The van der Waals surface area contributed by atoms with Crippen molar-refractivity contribution in [1.29, 1.82) is 0 Å². The van der Waals surface area contributed by atoms with E-state index in [1.807, 2.05) is 25.1 Å². The van der Waals surface area contributed by atoms with Crippen molar-refractivity contribution < 1.29 is 13.5 Å². The van der Waals surface area contributed by atoms with Gasteiger partial charge in [0.1, 0.15) is 5.52 Å². The van der Waals surface area contributed by atoms with Crippen molar-refractivity contribution in [2.45, 2.75) is 20.0 Å². The first kappa shape index (κ1) is 21.0. The van der Waals surface area contributed by atoms with Gasteiger partial charge in [-0.05, 0) is 43.8 Å². The molecule has 2 aromatic heterocycles. The zero-order valence-corrected chi connectivity index (χ0v) is 17.5. The van der Waals surface area contributed by atoms with Gasteiger partial charge in [0.2, 0.25) is 11.7 Å². The van der Waals surface area contributed by atoms with Crippen LogP contribution in [-0.4, -0.2) is 26.6 Å². The fourth-order valence-corrected chi connectivity index (χ4v) is 3.32. The maximum absolute atomic E-state index is 14.4. The molecule has 0 fully saturated rings. The maximum atomic E-state index is 14.4. The van der Waals surface area contributed by atoms with Gasteiger partial charge in [-0.25, -0.2) is 18.7 Å². The molecule has 0 saturated heterocycles. The molecule has 0 atom stereocenters. The normalized spacial score (nSPS) is 11.1. The second-order valence-corrected chi connectivity index (χ2v) is 7.07.